The van der Waals surface area contributed by atoms with Gasteiger partial charge < -0.3 is 10.1 Å². The zero-order valence-electron chi connectivity index (χ0n) is 15.0. The van der Waals surface area contributed by atoms with Crippen LogP contribution in [0.5, 0.6) is 0 Å². The summed E-state index contributed by atoms with van der Waals surface area (Å²) in [7, 11) is 0. The van der Waals surface area contributed by atoms with Crippen molar-refractivity contribution in [3.63, 3.8) is 0 Å². The molecule has 0 atom stereocenters. The molecular formula is C22H21NO3. The van der Waals surface area contributed by atoms with Crippen LogP contribution in [0.15, 0.2) is 48.5 Å². The van der Waals surface area contributed by atoms with Crippen LogP contribution >= 0.6 is 0 Å². The van der Waals surface area contributed by atoms with Crippen molar-refractivity contribution >= 4 is 33.4 Å². The van der Waals surface area contributed by atoms with Gasteiger partial charge in [-0.15, -0.1) is 0 Å². The van der Waals surface area contributed by atoms with E-state index in [1.54, 1.807) is 6.92 Å². The van der Waals surface area contributed by atoms with Gasteiger partial charge in [-0.3, -0.25) is 4.79 Å². The SMILES string of the molecule is CCOC(=O)C1(NC(C)=O)Cc2cc3cc4ccccc4cc3cc2C1. The summed E-state index contributed by atoms with van der Waals surface area (Å²) in [6.45, 7) is 3.51. The van der Waals surface area contributed by atoms with E-state index in [0.29, 0.717) is 19.4 Å². The molecule has 0 radical (unpaired) electrons. The molecular weight excluding hydrogens is 326 g/mol. The van der Waals surface area contributed by atoms with E-state index in [1.165, 1.54) is 17.7 Å². The molecule has 4 heteroatoms. The Morgan fingerprint density at radius 3 is 1.96 bits per heavy atom. The topological polar surface area (TPSA) is 55.4 Å². The first-order valence-corrected chi connectivity index (χ1v) is 8.91. The second kappa shape index (κ2) is 6.13. The number of nitrogens with one attached hydrogen (secondary N) is 1. The average Bonchev–Trinajstić information content (AvgIpc) is 2.95. The van der Waals surface area contributed by atoms with Gasteiger partial charge in [0.1, 0.15) is 5.54 Å². The summed E-state index contributed by atoms with van der Waals surface area (Å²) in [5.41, 5.74) is 1.19. The van der Waals surface area contributed by atoms with Gasteiger partial charge in [0, 0.05) is 19.8 Å². The van der Waals surface area contributed by atoms with E-state index in [1.807, 2.05) is 12.1 Å². The van der Waals surface area contributed by atoms with Crippen LogP contribution < -0.4 is 5.32 Å². The Bertz CT molecular complexity index is 974. The first-order chi connectivity index (χ1) is 12.5. The van der Waals surface area contributed by atoms with Crippen LogP contribution in [0, 0.1) is 0 Å². The molecule has 0 saturated heterocycles. The maximum atomic E-state index is 12.6. The first kappa shape index (κ1) is 16.6. The van der Waals surface area contributed by atoms with E-state index in [-0.39, 0.29) is 11.9 Å². The molecule has 0 saturated carbocycles. The van der Waals surface area contributed by atoms with Crippen LogP contribution in [0.1, 0.15) is 25.0 Å². The van der Waals surface area contributed by atoms with Crippen molar-refractivity contribution in [3.05, 3.63) is 59.7 Å². The monoisotopic (exact) mass is 347 g/mol. The van der Waals surface area contributed by atoms with Gasteiger partial charge in [0.15, 0.2) is 0 Å². The lowest BCUT2D eigenvalue weighted by Crippen LogP contribution is -2.55. The molecule has 0 aliphatic heterocycles. The van der Waals surface area contributed by atoms with Crippen molar-refractivity contribution < 1.29 is 14.3 Å². The third-order valence-corrected chi connectivity index (χ3v) is 5.09. The molecule has 0 bridgehead atoms. The standard InChI is InChI=1S/C22H21NO3/c1-3-26-21(25)22(23-14(2)24)12-19-10-17-8-15-6-4-5-7-16(15)9-18(17)11-20(19)13-22/h4-11H,3,12-13H2,1-2H3,(H,23,24). The summed E-state index contributed by atoms with van der Waals surface area (Å²) >= 11 is 0. The molecule has 1 N–H and O–H groups in total. The molecule has 0 fully saturated rings. The van der Waals surface area contributed by atoms with E-state index in [9.17, 15) is 9.59 Å². The third kappa shape index (κ3) is 2.71. The predicted octanol–water partition coefficient (Wildman–Crippen LogP) is 3.53. The summed E-state index contributed by atoms with van der Waals surface area (Å²) in [5.74, 6) is -0.582. The summed E-state index contributed by atoms with van der Waals surface area (Å²) in [4.78, 5) is 24.4. The zero-order valence-corrected chi connectivity index (χ0v) is 15.0. The van der Waals surface area contributed by atoms with Crippen LogP contribution in [0.25, 0.3) is 21.5 Å². The number of carbonyl (C=O) groups is 2. The van der Waals surface area contributed by atoms with E-state index in [0.717, 1.165) is 21.9 Å². The Balaban J connectivity index is 1.81. The average molecular weight is 347 g/mol. The van der Waals surface area contributed by atoms with Crippen LogP contribution in [0.3, 0.4) is 0 Å². The summed E-state index contributed by atoms with van der Waals surface area (Å²) in [6.07, 6.45) is 0.924. The van der Waals surface area contributed by atoms with Gasteiger partial charge in [0.25, 0.3) is 0 Å². The molecule has 3 aromatic carbocycles. The van der Waals surface area contributed by atoms with Crippen molar-refractivity contribution in [1.82, 2.24) is 5.32 Å². The molecule has 0 heterocycles. The maximum absolute atomic E-state index is 12.6. The number of amides is 1. The normalized spacial score (nSPS) is 15.0. The number of esters is 1. The first-order valence-electron chi connectivity index (χ1n) is 8.91. The van der Waals surface area contributed by atoms with Gasteiger partial charge >= 0.3 is 5.97 Å². The second-order valence-electron chi connectivity index (χ2n) is 7.00. The molecule has 1 amide bonds. The fourth-order valence-corrected chi connectivity index (χ4v) is 4.02. The smallest absolute Gasteiger partial charge is 0.332 e. The Kier molecular flexibility index (Phi) is 3.91. The fraction of sp³-hybridized carbons (Fsp3) is 0.273. The number of benzene rings is 3. The summed E-state index contributed by atoms with van der Waals surface area (Å²) in [5, 5.41) is 7.53. The molecule has 0 aromatic heterocycles. The maximum Gasteiger partial charge on any atom is 0.332 e. The molecule has 1 aliphatic carbocycles. The molecule has 3 aromatic rings. The van der Waals surface area contributed by atoms with Gasteiger partial charge in [-0.05, 0) is 51.7 Å². The van der Waals surface area contributed by atoms with Crippen molar-refractivity contribution in [1.29, 1.82) is 0 Å². The third-order valence-electron chi connectivity index (χ3n) is 5.09. The van der Waals surface area contributed by atoms with Crippen molar-refractivity contribution in [2.24, 2.45) is 0 Å². The van der Waals surface area contributed by atoms with E-state index < -0.39 is 5.54 Å². The van der Waals surface area contributed by atoms with Crippen LogP contribution in [-0.2, 0) is 27.2 Å². The van der Waals surface area contributed by atoms with E-state index in [2.05, 4.69) is 41.7 Å². The number of ether oxygens (including phenoxy) is 1. The zero-order chi connectivity index (χ0) is 18.3. The lowest BCUT2D eigenvalue weighted by molar-refractivity contribution is -0.152. The number of rotatable bonds is 3. The van der Waals surface area contributed by atoms with E-state index >= 15 is 0 Å². The highest BCUT2D eigenvalue weighted by atomic mass is 16.5. The summed E-state index contributed by atoms with van der Waals surface area (Å²) in [6, 6.07) is 16.9. The van der Waals surface area contributed by atoms with E-state index in [4.69, 9.17) is 4.74 Å². The van der Waals surface area contributed by atoms with Crippen LogP contribution in [-0.4, -0.2) is 24.0 Å². The van der Waals surface area contributed by atoms with Crippen LogP contribution in [0.2, 0.25) is 0 Å². The molecule has 4 nitrogen and oxygen atoms in total. The minimum Gasteiger partial charge on any atom is -0.464 e. The van der Waals surface area contributed by atoms with Gasteiger partial charge in [0.05, 0.1) is 6.61 Å². The quantitative estimate of drug-likeness (QED) is 0.582. The predicted molar refractivity (Wildman–Crippen MR) is 102 cm³/mol. The Morgan fingerprint density at radius 2 is 1.50 bits per heavy atom. The molecule has 0 unspecified atom stereocenters. The lowest BCUT2D eigenvalue weighted by atomic mass is 9.95. The highest BCUT2D eigenvalue weighted by Crippen LogP contribution is 2.35. The van der Waals surface area contributed by atoms with Gasteiger partial charge in [0.2, 0.25) is 5.91 Å². The van der Waals surface area contributed by atoms with Gasteiger partial charge in [-0.2, -0.15) is 0 Å². The lowest BCUT2D eigenvalue weighted by Gasteiger charge is -2.27. The minimum atomic E-state index is -0.999. The van der Waals surface area contributed by atoms with Gasteiger partial charge in [-0.1, -0.05) is 36.4 Å². The molecule has 132 valence electrons. The number of fused-ring (bicyclic) bond motifs is 3. The molecule has 4 rings (SSSR count). The van der Waals surface area contributed by atoms with Crippen LogP contribution in [0.4, 0.5) is 0 Å². The van der Waals surface area contributed by atoms with Crippen molar-refractivity contribution in [3.8, 4) is 0 Å². The van der Waals surface area contributed by atoms with Crippen molar-refractivity contribution in [2.75, 3.05) is 6.61 Å². The number of hydrogen-bond acceptors (Lipinski definition) is 3. The van der Waals surface area contributed by atoms with Gasteiger partial charge in [-0.25, -0.2) is 4.79 Å². The Labute approximate surface area is 152 Å². The second-order valence-corrected chi connectivity index (χ2v) is 7.00. The number of carbonyl (C=O) groups excluding carboxylic acids is 2. The highest BCUT2D eigenvalue weighted by molar-refractivity contribution is 5.99. The highest BCUT2D eigenvalue weighted by Gasteiger charge is 2.46. The molecule has 26 heavy (non-hydrogen) atoms. The molecule has 0 spiro atoms. The largest absolute Gasteiger partial charge is 0.464 e. The Morgan fingerprint density at radius 1 is 0.962 bits per heavy atom. The molecule has 1 aliphatic rings. The number of hydrogen-bond donors (Lipinski definition) is 1. The van der Waals surface area contributed by atoms with Crippen molar-refractivity contribution in [2.45, 2.75) is 32.2 Å². The minimum absolute atomic E-state index is 0.221. The summed E-state index contributed by atoms with van der Waals surface area (Å²) < 4.78 is 5.27. The fourth-order valence-electron chi connectivity index (χ4n) is 4.02. The Hall–Kier alpha value is -2.88.